The number of halogens is 1. The lowest BCUT2D eigenvalue weighted by Gasteiger charge is -1.94. The zero-order valence-corrected chi connectivity index (χ0v) is 6.57. The zero-order chi connectivity index (χ0) is 8.43. The van der Waals surface area contributed by atoms with Crippen LogP contribution in [-0.4, -0.2) is 4.98 Å². The lowest BCUT2D eigenvalue weighted by atomic mass is 10.2. The highest BCUT2D eigenvalue weighted by molar-refractivity contribution is 6.29. The van der Waals surface area contributed by atoms with Crippen LogP contribution in [0.25, 0.3) is 0 Å². The standard InChI is InChI=1S/C7H5ClN2O/c1-4-2-6(8)10-7(11)5(4)3-9/h2H,1H3,(H,10,11). The first-order chi connectivity index (χ1) is 5.15. The Morgan fingerprint density at radius 1 is 1.73 bits per heavy atom. The molecule has 0 aliphatic heterocycles. The maximum atomic E-state index is 10.9. The summed E-state index contributed by atoms with van der Waals surface area (Å²) in [7, 11) is 0. The van der Waals surface area contributed by atoms with E-state index < -0.39 is 5.56 Å². The van der Waals surface area contributed by atoms with Crippen molar-refractivity contribution in [3.05, 3.63) is 32.7 Å². The van der Waals surface area contributed by atoms with Crippen molar-refractivity contribution in [1.29, 1.82) is 5.26 Å². The average Bonchev–Trinajstić information content (AvgIpc) is 1.85. The third-order valence-corrected chi connectivity index (χ3v) is 1.51. The van der Waals surface area contributed by atoms with E-state index in [-0.39, 0.29) is 10.7 Å². The average molecular weight is 169 g/mol. The summed E-state index contributed by atoms with van der Waals surface area (Å²) >= 11 is 5.51. The summed E-state index contributed by atoms with van der Waals surface area (Å²) in [6.07, 6.45) is 0. The van der Waals surface area contributed by atoms with Crippen molar-refractivity contribution in [1.82, 2.24) is 4.98 Å². The number of rotatable bonds is 0. The molecule has 0 saturated carbocycles. The van der Waals surface area contributed by atoms with E-state index in [2.05, 4.69) is 4.98 Å². The minimum atomic E-state index is -0.433. The Morgan fingerprint density at radius 2 is 2.36 bits per heavy atom. The lowest BCUT2D eigenvalue weighted by molar-refractivity contribution is 1.18. The van der Waals surface area contributed by atoms with Gasteiger partial charge in [0.05, 0.1) is 0 Å². The highest BCUT2D eigenvalue weighted by Gasteiger charge is 2.02. The summed E-state index contributed by atoms with van der Waals surface area (Å²) in [6.45, 7) is 1.67. The molecule has 1 heterocycles. The Balaban J connectivity index is 3.53. The van der Waals surface area contributed by atoms with E-state index in [1.165, 1.54) is 0 Å². The van der Waals surface area contributed by atoms with Gasteiger partial charge in [-0.05, 0) is 18.6 Å². The molecule has 0 aromatic carbocycles. The SMILES string of the molecule is Cc1cc(Cl)[nH]c(=O)c1C#N. The molecule has 1 N–H and O–H groups in total. The van der Waals surface area contributed by atoms with E-state index in [4.69, 9.17) is 16.9 Å². The van der Waals surface area contributed by atoms with Crippen LogP contribution in [0.1, 0.15) is 11.1 Å². The first-order valence-electron chi connectivity index (χ1n) is 2.94. The van der Waals surface area contributed by atoms with Crippen LogP contribution in [0.4, 0.5) is 0 Å². The Kier molecular flexibility index (Phi) is 1.97. The zero-order valence-electron chi connectivity index (χ0n) is 5.81. The number of nitriles is 1. The molecule has 0 saturated heterocycles. The van der Waals surface area contributed by atoms with Gasteiger partial charge in [0, 0.05) is 0 Å². The fraction of sp³-hybridized carbons (Fsp3) is 0.143. The summed E-state index contributed by atoms with van der Waals surface area (Å²) < 4.78 is 0. The van der Waals surface area contributed by atoms with Crippen LogP contribution < -0.4 is 5.56 Å². The molecule has 1 aromatic rings. The van der Waals surface area contributed by atoms with Crippen molar-refractivity contribution >= 4 is 11.6 Å². The lowest BCUT2D eigenvalue weighted by Crippen LogP contribution is -2.11. The number of aromatic amines is 1. The molecule has 56 valence electrons. The van der Waals surface area contributed by atoms with Gasteiger partial charge in [0.25, 0.3) is 5.56 Å². The first kappa shape index (κ1) is 7.83. The van der Waals surface area contributed by atoms with Crippen molar-refractivity contribution in [2.45, 2.75) is 6.92 Å². The number of pyridine rings is 1. The Labute approximate surface area is 68.2 Å². The quantitative estimate of drug-likeness (QED) is 0.592. The summed E-state index contributed by atoms with van der Waals surface area (Å²) in [4.78, 5) is 13.2. The molecule has 0 amide bonds. The largest absolute Gasteiger partial charge is 0.312 e. The summed E-state index contributed by atoms with van der Waals surface area (Å²) in [5.74, 6) is 0. The van der Waals surface area contributed by atoms with Gasteiger partial charge in [-0.1, -0.05) is 11.6 Å². The second kappa shape index (κ2) is 2.77. The third kappa shape index (κ3) is 1.41. The number of aromatic nitrogens is 1. The van der Waals surface area contributed by atoms with Crippen LogP contribution in [0.5, 0.6) is 0 Å². The molecule has 4 heteroatoms. The molecule has 11 heavy (non-hydrogen) atoms. The van der Waals surface area contributed by atoms with Gasteiger partial charge >= 0.3 is 0 Å². The number of aryl methyl sites for hydroxylation is 1. The van der Waals surface area contributed by atoms with E-state index in [1.54, 1.807) is 19.1 Å². The van der Waals surface area contributed by atoms with Crippen molar-refractivity contribution in [3.8, 4) is 6.07 Å². The molecule has 0 aliphatic rings. The topological polar surface area (TPSA) is 56.6 Å². The van der Waals surface area contributed by atoms with Crippen LogP contribution in [0, 0.1) is 18.3 Å². The van der Waals surface area contributed by atoms with Crippen molar-refractivity contribution in [3.63, 3.8) is 0 Å². The van der Waals surface area contributed by atoms with Crippen LogP contribution in [0.2, 0.25) is 5.15 Å². The van der Waals surface area contributed by atoms with Gasteiger partial charge in [-0.2, -0.15) is 5.26 Å². The monoisotopic (exact) mass is 168 g/mol. The molecule has 0 aliphatic carbocycles. The van der Waals surface area contributed by atoms with Crippen molar-refractivity contribution in [2.75, 3.05) is 0 Å². The molecule has 0 fully saturated rings. The van der Waals surface area contributed by atoms with E-state index in [0.29, 0.717) is 5.56 Å². The molecule has 1 rings (SSSR count). The number of hydrogen-bond donors (Lipinski definition) is 1. The van der Waals surface area contributed by atoms with Crippen molar-refractivity contribution in [2.24, 2.45) is 0 Å². The summed E-state index contributed by atoms with van der Waals surface area (Å²) in [6, 6.07) is 3.33. The fourth-order valence-corrected chi connectivity index (χ4v) is 1.04. The number of H-pyrrole nitrogens is 1. The van der Waals surface area contributed by atoms with Crippen molar-refractivity contribution < 1.29 is 0 Å². The minimum absolute atomic E-state index is 0.120. The van der Waals surface area contributed by atoms with E-state index >= 15 is 0 Å². The van der Waals surface area contributed by atoms with E-state index in [0.717, 1.165) is 0 Å². The second-order valence-corrected chi connectivity index (χ2v) is 2.52. The molecular formula is C7H5ClN2O. The Hall–Kier alpha value is -1.27. The molecule has 0 unspecified atom stereocenters. The van der Waals surface area contributed by atoms with Crippen LogP contribution in [0.15, 0.2) is 10.9 Å². The normalized spacial score (nSPS) is 9.18. The van der Waals surface area contributed by atoms with E-state index in [9.17, 15) is 4.79 Å². The van der Waals surface area contributed by atoms with Crippen LogP contribution >= 0.6 is 11.6 Å². The predicted octanol–water partition coefficient (Wildman–Crippen LogP) is 1.21. The maximum Gasteiger partial charge on any atom is 0.267 e. The van der Waals surface area contributed by atoms with Crippen LogP contribution in [0.3, 0.4) is 0 Å². The molecule has 0 spiro atoms. The van der Waals surface area contributed by atoms with E-state index in [1.807, 2.05) is 0 Å². The molecule has 0 bridgehead atoms. The van der Waals surface area contributed by atoms with Crippen LogP contribution in [-0.2, 0) is 0 Å². The smallest absolute Gasteiger partial charge is 0.267 e. The number of nitrogens with one attached hydrogen (secondary N) is 1. The van der Waals surface area contributed by atoms with Gasteiger partial charge in [-0.25, -0.2) is 0 Å². The Bertz CT molecular complexity index is 375. The highest BCUT2D eigenvalue weighted by atomic mass is 35.5. The predicted molar refractivity (Wildman–Crippen MR) is 41.5 cm³/mol. The Morgan fingerprint density at radius 3 is 2.82 bits per heavy atom. The van der Waals surface area contributed by atoms with Gasteiger partial charge in [0.1, 0.15) is 16.8 Å². The maximum absolute atomic E-state index is 10.9. The molecule has 3 nitrogen and oxygen atoms in total. The fourth-order valence-electron chi connectivity index (χ4n) is 0.787. The van der Waals surface area contributed by atoms with Gasteiger partial charge in [-0.15, -0.1) is 0 Å². The third-order valence-electron chi connectivity index (χ3n) is 1.31. The molecular weight excluding hydrogens is 164 g/mol. The second-order valence-electron chi connectivity index (χ2n) is 2.12. The van der Waals surface area contributed by atoms with Gasteiger partial charge < -0.3 is 4.98 Å². The minimum Gasteiger partial charge on any atom is -0.312 e. The first-order valence-corrected chi connectivity index (χ1v) is 3.32. The molecule has 1 aromatic heterocycles. The van der Waals surface area contributed by atoms with Gasteiger partial charge in [-0.3, -0.25) is 4.79 Å². The number of nitrogens with zero attached hydrogens (tertiary/aromatic N) is 1. The number of hydrogen-bond acceptors (Lipinski definition) is 2. The highest BCUT2D eigenvalue weighted by Crippen LogP contribution is 2.06. The van der Waals surface area contributed by atoms with Gasteiger partial charge in [0.2, 0.25) is 0 Å². The molecule has 0 radical (unpaired) electrons. The summed E-state index contributed by atoms with van der Waals surface area (Å²) in [5.41, 5.74) is 0.285. The molecule has 0 atom stereocenters. The summed E-state index contributed by atoms with van der Waals surface area (Å²) in [5, 5.41) is 8.73. The van der Waals surface area contributed by atoms with Gasteiger partial charge in [0.15, 0.2) is 0 Å².